The molecular weight excluding hydrogens is 266 g/mol. The third-order valence-corrected chi connectivity index (χ3v) is 3.89. The van der Waals surface area contributed by atoms with Crippen molar-refractivity contribution in [1.82, 2.24) is 0 Å². The predicted molar refractivity (Wildman–Crippen MR) is 70.3 cm³/mol. The number of hydrogen-bond donors (Lipinski definition) is 0. The van der Waals surface area contributed by atoms with E-state index in [0.29, 0.717) is 0 Å². The van der Waals surface area contributed by atoms with Gasteiger partial charge in [-0.15, -0.1) is 0 Å². The standard InChI is InChI=1S/C13H16BrNO/c1-8-6-9(2)12(10(3)7-8)15-5-4-11(14)13(15)16/h6-7,11H,4-5H2,1-3H3/t11-/m1/s1. The molecule has 1 fully saturated rings. The van der Waals surface area contributed by atoms with Crippen LogP contribution in [0.25, 0.3) is 0 Å². The zero-order valence-electron chi connectivity index (χ0n) is 9.88. The highest BCUT2D eigenvalue weighted by Gasteiger charge is 2.31. The fourth-order valence-electron chi connectivity index (χ4n) is 2.47. The lowest BCUT2D eigenvalue weighted by Gasteiger charge is -2.21. The summed E-state index contributed by atoms with van der Waals surface area (Å²) in [7, 11) is 0. The molecule has 1 aliphatic rings. The summed E-state index contributed by atoms with van der Waals surface area (Å²) in [6.07, 6.45) is 0.894. The van der Waals surface area contributed by atoms with Gasteiger partial charge in [0.1, 0.15) is 0 Å². The van der Waals surface area contributed by atoms with Crippen molar-refractivity contribution in [1.29, 1.82) is 0 Å². The van der Waals surface area contributed by atoms with Gasteiger partial charge in [-0.05, 0) is 38.3 Å². The molecule has 2 nitrogen and oxygen atoms in total. The van der Waals surface area contributed by atoms with Crippen LogP contribution >= 0.6 is 15.9 Å². The highest BCUT2D eigenvalue weighted by atomic mass is 79.9. The molecule has 0 aromatic heterocycles. The molecule has 1 aromatic rings. The summed E-state index contributed by atoms with van der Waals surface area (Å²) in [5.74, 6) is 0.190. The van der Waals surface area contributed by atoms with Crippen LogP contribution in [-0.2, 0) is 4.79 Å². The normalized spacial score (nSPS) is 20.6. The van der Waals surface area contributed by atoms with E-state index in [0.717, 1.165) is 18.7 Å². The van der Waals surface area contributed by atoms with E-state index in [9.17, 15) is 4.79 Å². The predicted octanol–water partition coefficient (Wildman–Crippen LogP) is 3.11. The second kappa shape index (κ2) is 4.21. The van der Waals surface area contributed by atoms with E-state index in [1.807, 2.05) is 4.90 Å². The quantitative estimate of drug-likeness (QED) is 0.725. The number of carbonyl (C=O) groups is 1. The van der Waals surface area contributed by atoms with Crippen LogP contribution in [0.15, 0.2) is 12.1 Å². The van der Waals surface area contributed by atoms with Crippen molar-refractivity contribution < 1.29 is 4.79 Å². The summed E-state index contributed by atoms with van der Waals surface area (Å²) in [6.45, 7) is 7.05. The summed E-state index contributed by atoms with van der Waals surface area (Å²) < 4.78 is 0. The van der Waals surface area contributed by atoms with Crippen LogP contribution in [0.5, 0.6) is 0 Å². The van der Waals surface area contributed by atoms with Gasteiger partial charge in [-0.25, -0.2) is 0 Å². The molecule has 1 saturated heterocycles. The number of aryl methyl sites for hydroxylation is 3. The molecule has 1 aromatic carbocycles. The van der Waals surface area contributed by atoms with Gasteiger partial charge >= 0.3 is 0 Å². The SMILES string of the molecule is Cc1cc(C)c(N2CC[C@@H](Br)C2=O)c(C)c1. The van der Waals surface area contributed by atoms with Gasteiger partial charge in [0.2, 0.25) is 5.91 Å². The first-order chi connectivity index (χ1) is 7.50. The van der Waals surface area contributed by atoms with Crippen molar-refractivity contribution in [2.45, 2.75) is 32.0 Å². The number of halogens is 1. The molecular formula is C13H16BrNO. The van der Waals surface area contributed by atoms with Crippen molar-refractivity contribution in [2.75, 3.05) is 11.4 Å². The summed E-state index contributed by atoms with van der Waals surface area (Å²) in [6, 6.07) is 4.27. The molecule has 0 spiro atoms. The lowest BCUT2D eigenvalue weighted by Crippen LogP contribution is -2.28. The zero-order valence-corrected chi connectivity index (χ0v) is 11.5. The van der Waals surface area contributed by atoms with Crippen LogP contribution < -0.4 is 4.90 Å². The molecule has 0 radical (unpaired) electrons. The van der Waals surface area contributed by atoms with Gasteiger partial charge in [-0.3, -0.25) is 4.79 Å². The fourth-order valence-corrected chi connectivity index (χ4v) is 2.92. The number of rotatable bonds is 1. The van der Waals surface area contributed by atoms with Crippen LogP contribution in [-0.4, -0.2) is 17.3 Å². The Morgan fingerprint density at radius 1 is 1.25 bits per heavy atom. The highest BCUT2D eigenvalue weighted by Crippen LogP contribution is 2.31. The van der Waals surface area contributed by atoms with E-state index < -0.39 is 0 Å². The van der Waals surface area contributed by atoms with Gasteiger partial charge in [0.25, 0.3) is 0 Å². The Balaban J connectivity index is 2.45. The number of anilines is 1. The van der Waals surface area contributed by atoms with Gasteiger partial charge in [0, 0.05) is 12.2 Å². The molecule has 3 heteroatoms. The van der Waals surface area contributed by atoms with Crippen molar-refractivity contribution in [2.24, 2.45) is 0 Å². The Labute approximate surface area is 105 Å². The molecule has 0 aliphatic carbocycles. The number of nitrogens with zero attached hydrogens (tertiary/aromatic N) is 1. The van der Waals surface area contributed by atoms with E-state index >= 15 is 0 Å². The summed E-state index contributed by atoms with van der Waals surface area (Å²) in [4.78, 5) is 13.9. The maximum atomic E-state index is 12.0. The van der Waals surface area contributed by atoms with Crippen LogP contribution in [0, 0.1) is 20.8 Å². The van der Waals surface area contributed by atoms with Crippen LogP contribution in [0.2, 0.25) is 0 Å². The van der Waals surface area contributed by atoms with E-state index in [-0.39, 0.29) is 10.7 Å². The summed E-state index contributed by atoms with van der Waals surface area (Å²) >= 11 is 3.41. The molecule has 0 unspecified atom stereocenters. The number of benzene rings is 1. The molecule has 2 rings (SSSR count). The van der Waals surface area contributed by atoms with E-state index in [4.69, 9.17) is 0 Å². The maximum absolute atomic E-state index is 12.0. The molecule has 1 aliphatic heterocycles. The monoisotopic (exact) mass is 281 g/mol. The van der Waals surface area contributed by atoms with Gasteiger partial charge in [0.05, 0.1) is 4.83 Å². The Hall–Kier alpha value is -0.830. The minimum absolute atomic E-state index is 0.00685. The lowest BCUT2D eigenvalue weighted by molar-refractivity contribution is -0.116. The van der Waals surface area contributed by atoms with Crippen LogP contribution in [0.4, 0.5) is 5.69 Å². The number of amides is 1. The Morgan fingerprint density at radius 2 is 1.81 bits per heavy atom. The molecule has 0 bridgehead atoms. The second-order valence-electron chi connectivity index (χ2n) is 4.49. The maximum Gasteiger partial charge on any atom is 0.240 e. The number of carbonyl (C=O) groups excluding carboxylic acids is 1. The van der Waals surface area contributed by atoms with Gasteiger partial charge in [-0.1, -0.05) is 33.6 Å². The fraction of sp³-hybridized carbons (Fsp3) is 0.462. The topological polar surface area (TPSA) is 20.3 Å². The second-order valence-corrected chi connectivity index (χ2v) is 5.60. The van der Waals surface area contributed by atoms with Crippen molar-refractivity contribution in [3.8, 4) is 0 Å². The Kier molecular flexibility index (Phi) is 3.06. The molecule has 86 valence electrons. The molecule has 1 amide bonds. The van der Waals surface area contributed by atoms with Crippen LogP contribution in [0.3, 0.4) is 0 Å². The average Bonchev–Trinajstić information content (AvgIpc) is 2.48. The van der Waals surface area contributed by atoms with Crippen molar-refractivity contribution >= 4 is 27.5 Å². The Bertz CT molecular complexity index is 419. The van der Waals surface area contributed by atoms with E-state index in [1.54, 1.807) is 0 Å². The van der Waals surface area contributed by atoms with Crippen LogP contribution in [0.1, 0.15) is 23.1 Å². The minimum atomic E-state index is -0.00685. The van der Waals surface area contributed by atoms with Gasteiger partial charge in [0.15, 0.2) is 0 Å². The molecule has 0 saturated carbocycles. The molecule has 1 atom stereocenters. The number of hydrogen-bond acceptors (Lipinski definition) is 1. The average molecular weight is 282 g/mol. The molecule has 1 heterocycles. The molecule has 16 heavy (non-hydrogen) atoms. The first kappa shape index (κ1) is 11.6. The van der Waals surface area contributed by atoms with E-state index in [1.165, 1.54) is 16.7 Å². The highest BCUT2D eigenvalue weighted by molar-refractivity contribution is 9.10. The lowest BCUT2D eigenvalue weighted by atomic mass is 10.0. The Morgan fingerprint density at radius 3 is 2.25 bits per heavy atom. The van der Waals surface area contributed by atoms with Crippen molar-refractivity contribution in [3.05, 3.63) is 28.8 Å². The first-order valence-electron chi connectivity index (χ1n) is 5.54. The van der Waals surface area contributed by atoms with Gasteiger partial charge < -0.3 is 4.90 Å². The first-order valence-corrected chi connectivity index (χ1v) is 6.45. The molecule has 0 N–H and O–H groups in total. The van der Waals surface area contributed by atoms with E-state index in [2.05, 4.69) is 48.8 Å². The van der Waals surface area contributed by atoms with Gasteiger partial charge in [-0.2, -0.15) is 0 Å². The third-order valence-electron chi connectivity index (χ3n) is 3.05. The largest absolute Gasteiger partial charge is 0.311 e. The minimum Gasteiger partial charge on any atom is -0.311 e. The third kappa shape index (κ3) is 1.88. The zero-order chi connectivity index (χ0) is 11.9. The number of alkyl halides is 1. The smallest absolute Gasteiger partial charge is 0.240 e. The summed E-state index contributed by atoms with van der Waals surface area (Å²) in [5.41, 5.74) is 4.72. The van der Waals surface area contributed by atoms with Crippen molar-refractivity contribution in [3.63, 3.8) is 0 Å². The summed E-state index contributed by atoms with van der Waals surface area (Å²) in [5, 5.41) is 0.